The van der Waals surface area contributed by atoms with Gasteiger partial charge in [-0.25, -0.2) is 4.98 Å². The number of allylic oxidation sites excluding steroid dienone is 1. The van der Waals surface area contributed by atoms with E-state index >= 15 is 0 Å². The fraction of sp³-hybridized carbons (Fsp3) is 0.118. The van der Waals surface area contributed by atoms with Gasteiger partial charge in [-0.2, -0.15) is 0 Å². The maximum absolute atomic E-state index is 11.1. The molecule has 0 unspecified atom stereocenters. The van der Waals surface area contributed by atoms with Crippen LogP contribution >= 0.6 is 11.8 Å². The van der Waals surface area contributed by atoms with Crippen LogP contribution in [0.5, 0.6) is 0 Å². The molecule has 0 saturated carbocycles. The van der Waals surface area contributed by atoms with Gasteiger partial charge in [0.15, 0.2) is 5.16 Å². The zero-order valence-corrected chi connectivity index (χ0v) is 13.2. The molecule has 2 aromatic carbocycles. The molecule has 0 aliphatic carbocycles. The third kappa shape index (κ3) is 3.12. The summed E-state index contributed by atoms with van der Waals surface area (Å²) in [6, 6.07) is 14.7. The van der Waals surface area contributed by atoms with Crippen LogP contribution in [0.25, 0.3) is 11.0 Å². The standard InChI is InChI=1S/C17H15N3O2S/c1-2-11-19-16-10-6-4-8-14(16)18-17(19)23-12-13-7-3-5-9-15(13)20(21)22/h2-10H,1,11-12H2. The Kier molecular flexibility index (Phi) is 4.43. The number of fused-ring (bicyclic) bond motifs is 1. The molecule has 0 atom stereocenters. The number of hydrogen-bond donors (Lipinski definition) is 0. The van der Waals surface area contributed by atoms with Crippen LogP contribution < -0.4 is 0 Å². The largest absolute Gasteiger partial charge is 0.315 e. The Morgan fingerprint density at radius 3 is 2.74 bits per heavy atom. The first-order chi connectivity index (χ1) is 11.2. The zero-order valence-electron chi connectivity index (χ0n) is 12.4. The number of nitro benzene ring substituents is 1. The van der Waals surface area contributed by atoms with Crippen LogP contribution in [0.4, 0.5) is 5.69 Å². The summed E-state index contributed by atoms with van der Waals surface area (Å²) >= 11 is 1.50. The molecule has 1 aromatic heterocycles. The lowest BCUT2D eigenvalue weighted by Gasteiger charge is -2.06. The van der Waals surface area contributed by atoms with Gasteiger partial charge >= 0.3 is 0 Å². The van der Waals surface area contributed by atoms with E-state index in [2.05, 4.69) is 16.1 Å². The molecule has 0 N–H and O–H groups in total. The summed E-state index contributed by atoms with van der Waals surface area (Å²) in [4.78, 5) is 15.4. The van der Waals surface area contributed by atoms with Crippen molar-refractivity contribution in [2.75, 3.05) is 0 Å². The van der Waals surface area contributed by atoms with E-state index in [1.165, 1.54) is 17.8 Å². The molecule has 3 aromatic rings. The zero-order chi connectivity index (χ0) is 16.2. The van der Waals surface area contributed by atoms with Gasteiger partial charge in [0.05, 0.1) is 16.0 Å². The average molecular weight is 325 g/mol. The molecule has 0 bridgehead atoms. The number of hydrogen-bond acceptors (Lipinski definition) is 4. The van der Waals surface area contributed by atoms with Gasteiger partial charge in [0.2, 0.25) is 0 Å². The lowest BCUT2D eigenvalue weighted by molar-refractivity contribution is -0.385. The van der Waals surface area contributed by atoms with Gasteiger partial charge in [0.1, 0.15) is 0 Å². The van der Waals surface area contributed by atoms with Crippen molar-refractivity contribution in [2.24, 2.45) is 0 Å². The molecule has 116 valence electrons. The number of imidazole rings is 1. The molecular formula is C17H15N3O2S. The summed E-state index contributed by atoms with van der Waals surface area (Å²) in [6.07, 6.45) is 1.82. The van der Waals surface area contributed by atoms with Gasteiger partial charge in [-0.1, -0.05) is 48.2 Å². The van der Waals surface area contributed by atoms with Crippen LogP contribution in [-0.4, -0.2) is 14.5 Å². The second kappa shape index (κ2) is 6.66. The van der Waals surface area contributed by atoms with Crippen molar-refractivity contribution in [2.45, 2.75) is 17.5 Å². The van der Waals surface area contributed by atoms with Crippen molar-refractivity contribution in [1.82, 2.24) is 9.55 Å². The van der Waals surface area contributed by atoms with Gasteiger partial charge in [0, 0.05) is 23.9 Å². The molecule has 0 fully saturated rings. The molecule has 23 heavy (non-hydrogen) atoms. The predicted molar refractivity (Wildman–Crippen MR) is 92.6 cm³/mol. The lowest BCUT2D eigenvalue weighted by Crippen LogP contribution is -1.98. The second-order valence-corrected chi connectivity index (χ2v) is 5.90. The molecule has 3 rings (SSSR count). The van der Waals surface area contributed by atoms with Crippen molar-refractivity contribution in [3.8, 4) is 0 Å². The van der Waals surface area contributed by atoms with Crippen molar-refractivity contribution in [1.29, 1.82) is 0 Å². The van der Waals surface area contributed by atoms with Gasteiger partial charge in [0.25, 0.3) is 5.69 Å². The fourth-order valence-electron chi connectivity index (χ4n) is 2.42. The van der Waals surface area contributed by atoms with E-state index in [1.807, 2.05) is 36.4 Å². The molecule has 0 amide bonds. The van der Waals surface area contributed by atoms with Gasteiger partial charge in [-0.3, -0.25) is 10.1 Å². The van der Waals surface area contributed by atoms with E-state index in [0.717, 1.165) is 16.2 Å². The molecule has 0 aliphatic heterocycles. The van der Waals surface area contributed by atoms with Crippen molar-refractivity contribution < 1.29 is 4.92 Å². The normalized spacial score (nSPS) is 10.8. The van der Waals surface area contributed by atoms with Crippen molar-refractivity contribution >= 4 is 28.5 Å². The second-order valence-electron chi connectivity index (χ2n) is 4.96. The first kappa shape index (κ1) is 15.3. The topological polar surface area (TPSA) is 61.0 Å². The van der Waals surface area contributed by atoms with Crippen molar-refractivity contribution in [3.05, 3.63) is 76.9 Å². The number of aromatic nitrogens is 2. The molecule has 5 nitrogen and oxygen atoms in total. The Bertz CT molecular complexity index is 873. The number of benzene rings is 2. The van der Waals surface area contributed by atoms with Crippen LogP contribution in [0.2, 0.25) is 0 Å². The maximum Gasteiger partial charge on any atom is 0.273 e. The Morgan fingerprint density at radius 2 is 1.96 bits per heavy atom. The molecular weight excluding hydrogens is 310 g/mol. The van der Waals surface area contributed by atoms with E-state index in [9.17, 15) is 10.1 Å². The smallest absolute Gasteiger partial charge is 0.273 e. The first-order valence-electron chi connectivity index (χ1n) is 7.12. The Morgan fingerprint density at radius 1 is 1.22 bits per heavy atom. The molecule has 0 radical (unpaired) electrons. The van der Waals surface area contributed by atoms with E-state index in [1.54, 1.807) is 12.1 Å². The highest BCUT2D eigenvalue weighted by molar-refractivity contribution is 7.98. The Hall–Kier alpha value is -2.60. The van der Waals surface area contributed by atoms with Gasteiger partial charge in [-0.05, 0) is 12.1 Å². The van der Waals surface area contributed by atoms with E-state index in [4.69, 9.17) is 0 Å². The van der Waals surface area contributed by atoms with Crippen molar-refractivity contribution in [3.63, 3.8) is 0 Å². The number of thioether (sulfide) groups is 1. The Labute approximate surface area is 137 Å². The summed E-state index contributed by atoms with van der Waals surface area (Å²) in [6.45, 7) is 4.44. The van der Waals surface area contributed by atoms with Crippen LogP contribution in [0.1, 0.15) is 5.56 Å². The highest BCUT2D eigenvalue weighted by Gasteiger charge is 2.15. The minimum atomic E-state index is -0.345. The summed E-state index contributed by atoms with van der Waals surface area (Å²) in [5.74, 6) is 0.498. The van der Waals surface area contributed by atoms with Gasteiger partial charge in [-0.15, -0.1) is 6.58 Å². The average Bonchev–Trinajstić information content (AvgIpc) is 2.91. The molecule has 6 heteroatoms. The van der Waals surface area contributed by atoms with E-state index < -0.39 is 0 Å². The van der Waals surface area contributed by atoms with E-state index in [-0.39, 0.29) is 10.6 Å². The number of para-hydroxylation sites is 3. The van der Waals surface area contributed by atoms with Crippen LogP contribution in [0.15, 0.2) is 66.3 Å². The summed E-state index contributed by atoms with van der Waals surface area (Å²) in [5, 5.41) is 11.9. The summed E-state index contributed by atoms with van der Waals surface area (Å²) < 4.78 is 2.07. The number of nitrogens with zero attached hydrogens (tertiary/aromatic N) is 3. The molecule has 0 saturated heterocycles. The highest BCUT2D eigenvalue weighted by Crippen LogP contribution is 2.29. The monoisotopic (exact) mass is 325 g/mol. The quantitative estimate of drug-likeness (QED) is 0.291. The number of nitro groups is 1. The molecule has 0 aliphatic rings. The minimum Gasteiger partial charge on any atom is -0.315 e. The highest BCUT2D eigenvalue weighted by atomic mass is 32.2. The minimum absolute atomic E-state index is 0.145. The van der Waals surface area contributed by atoms with E-state index in [0.29, 0.717) is 17.9 Å². The third-order valence-electron chi connectivity index (χ3n) is 3.48. The Balaban J connectivity index is 1.92. The molecule has 0 spiro atoms. The predicted octanol–water partition coefficient (Wildman–Crippen LogP) is 4.42. The summed E-state index contributed by atoms with van der Waals surface area (Å²) in [5.41, 5.74) is 2.79. The number of rotatable bonds is 6. The first-order valence-corrected chi connectivity index (χ1v) is 8.10. The fourth-order valence-corrected chi connectivity index (χ4v) is 3.44. The molecule has 1 heterocycles. The van der Waals surface area contributed by atoms with Crippen LogP contribution in [-0.2, 0) is 12.3 Å². The maximum atomic E-state index is 11.1. The van der Waals surface area contributed by atoms with Gasteiger partial charge < -0.3 is 4.57 Å². The summed E-state index contributed by atoms with van der Waals surface area (Å²) in [7, 11) is 0. The van der Waals surface area contributed by atoms with Crippen LogP contribution in [0.3, 0.4) is 0 Å². The third-order valence-corrected chi connectivity index (χ3v) is 4.50. The lowest BCUT2D eigenvalue weighted by atomic mass is 10.2. The SMILES string of the molecule is C=CCn1c(SCc2ccccc2[N+](=O)[O-])nc2ccccc21. The van der Waals surface area contributed by atoms with Crippen LogP contribution in [0, 0.1) is 10.1 Å².